The Hall–Kier alpha value is -2.41. The van der Waals surface area contributed by atoms with Crippen LogP contribution >= 0.6 is 0 Å². The van der Waals surface area contributed by atoms with Crippen LogP contribution in [0.5, 0.6) is 0 Å². The first-order valence-electron chi connectivity index (χ1n) is 4.66. The van der Waals surface area contributed by atoms with Crippen molar-refractivity contribution in [1.29, 1.82) is 0 Å². The lowest BCUT2D eigenvalue weighted by atomic mass is 10.2. The van der Waals surface area contributed by atoms with E-state index >= 15 is 0 Å². The molecule has 0 radical (unpaired) electrons. The summed E-state index contributed by atoms with van der Waals surface area (Å²) < 4.78 is 1.32. The third kappa shape index (κ3) is 1.95. The lowest BCUT2D eigenvalue weighted by Gasteiger charge is -2.04. The normalized spacial score (nSPS) is 10.4. The molecule has 0 atom stereocenters. The lowest BCUT2D eigenvalue weighted by Crippen LogP contribution is -2.11. The number of carboxylic acids is 1. The van der Waals surface area contributed by atoms with E-state index in [4.69, 9.17) is 10.4 Å². The molecule has 2 aromatic heterocycles. The number of nitrogens with zero attached hydrogens (tertiary/aromatic N) is 2. The van der Waals surface area contributed by atoms with Crippen molar-refractivity contribution in [2.75, 3.05) is 0 Å². The Morgan fingerprint density at radius 3 is 2.82 bits per heavy atom. The number of aromatic carboxylic acids is 1. The van der Waals surface area contributed by atoms with E-state index in [2.05, 4.69) is 9.87 Å². The van der Waals surface area contributed by atoms with E-state index in [1.54, 1.807) is 18.2 Å². The SMILES string of the molecule is O=C(Cc1cccc2ncc(C(=O)O)n12)OO. The zero-order chi connectivity index (χ0) is 12.4. The molecule has 2 N–H and O–H groups in total. The van der Waals surface area contributed by atoms with Gasteiger partial charge in [-0.15, -0.1) is 0 Å². The molecule has 2 heterocycles. The van der Waals surface area contributed by atoms with Gasteiger partial charge in [-0.25, -0.2) is 14.6 Å². The molecule has 88 valence electrons. The number of hydrogen-bond acceptors (Lipinski definition) is 5. The fourth-order valence-corrected chi connectivity index (χ4v) is 1.57. The molecule has 0 unspecified atom stereocenters. The average Bonchev–Trinajstić information content (AvgIpc) is 2.73. The number of rotatable bonds is 3. The summed E-state index contributed by atoms with van der Waals surface area (Å²) in [5, 5.41) is 17.2. The first-order valence-corrected chi connectivity index (χ1v) is 4.66. The minimum Gasteiger partial charge on any atom is -0.477 e. The third-order valence-electron chi connectivity index (χ3n) is 2.26. The number of hydrogen-bond donors (Lipinski definition) is 2. The Morgan fingerprint density at radius 2 is 2.18 bits per heavy atom. The predicted molar refractivity (Wildman–Crippen MR) is 54.6 cm³/mol. The van der Waals surface area contributed by atoms with Crippen molar-refractivity contribution in [3.8, 4) is 0 Å². The molecule has 0 saturated heterocycles. The Kier molecular flexibility index (Phi) is 2.75. The molecule has 0 saturated carbocycles. The molecule has 17 heavy (non-hydrogen) atoms. The molecule has 0 amide bonds. The van der Waals surface area contributed by atoms with Crippen LogP contribution in [0.3, 0.4) is 0 Å². The molecule has 0 fully saturated rings. The van der Waals surface area contributed by atoms with Crippen molar-refractivity contribution >= 4 is 17.6 Å². The number of fused-ring (bicyclic) bond motifs is 1. The second-order valence-corrected chi connectivity index (χ2v) is 3.30. The van der Waals surface area contributed by atoms with Gasteiger partial charge in [0.05, 0.1) is 12.6 Å². The molecule has 7 nitrogen and oxygen atoms in total. The van der Waals surface area contributed by atoms with Crippen LogP contribution in [0.25, 0.3) is 5.65 Å². The molecule has 0 bridgehead atoms. The minimum absolute atomic E-state index is 0.0543. The number of pyridine rings is 1. The van der Waals surface area contributed by atoms with Crippen LogP contribution in [0.4, 0.5) is 0 Å². The van der Waals surface area contributed by atoms with Crippen molar-refractivity contribution in [2.24, 2.45) is 0 Å². The monoisotopic (exact) mass is 236 g/mol. The van der Waals surface area contributed by atoms with E-state index in [9.17, 15) is 9.59 Å². The smallest absolute Gasteiger partial charge is 0.354 e. The summed E-state index contributed by atoms with van der Waals surface area (Å²) in [4.78, 5) is 29.4. The molecule has 2 aromatic rings. The Labute approximate surface area is 94.8 Å². The molecule has 0 spiro atoms. The maximum atomic E-state index is 11.0. The van der Waals surface area contributed by atoms with Crippen LogP contribution in [-0.2, 0) is 16.1 Å². The predicted octanol–water partition coefficient (Wildman–Crippen LogP) is 0.591. The van der Waals surface area contributed by atoms with Gasteiger partial charge in [-0.2, -0.15) is 5.26 Å². The topological polar surface area (TPSA) is 101 Å². The van der Waals surface area contributed by atoms with Gasteiger partial charge in [-0.1, -0.05) is 6.07 Å². The molecule has 0 aliphatic rings. The summed E-state index contributed by atoms with van der Waals surface area (Å²) in [6, 6.07) is 4.80. The second kappa shape index (κ2) is 4.22. The van der Waals surface area contributed by atoms with Crippen molar-refractivity contribution in [2.45, 2.75) is 6.42 Å². The van der Waals surface area contributed by atoms with Crippen LogP contribution in [-0.4, -0.2) is 31.7 Å². The highest BCUT2D eigenvalue weighted by atomic mass is 17.1. The van der Waals surface area contributed by atoms with Gasteiger partial charge in [-0.05, 0) is 12.1 Å². The Bertz CT molecular complexity index is 589. The number of imidazole rings is 1. The van der Waals surface area contributed by atoms with E-state index in [-0.39, 0.29) is 12.1 Å². The Morgan fingerprint density at radius 1 is 1.41 bits per heavy atom. The van der Waals surface area contributed by atoms with Gasteiger partial charge < -0.3 is 9.99 Å². The lowest BCUT2D eigenvalue weighted by molar-refractivity contribution is -0.233. The molecule has 0 aliphatic heterocycles. The van der Waals surface area contributed by atoms with Gasteiger partial charge in [-0.3, -0.25) is 4.40 Å². The number of carboxylic acid groups (broad SMARTS) is 1. The van der Waals surface area contributed by atoms with Crippen molar-refractivity contribution < 1.29 is 24.8 Å². The molecule has 0 aliphatic carbocycles. The fraction of sp³-hybridized carbons (Fsp3) is 0.100. The summed E-state index contributed by atoms with van der Waals surface area (Å²) in [6.07, 6.45) is 0.954. The van der Waals surface area contributed by atoms with Crippen LogP contribution in [0.15, 0.2) is 24.4 Å². The minimum atomic E-state index is -1.15. The zero-order valence-corrected chi connectivity index (χ0v) is 8.53. The van der Waals surface area contributed by atoms with Gasteiger partial charge in [0.25, 0.3) is 0 Å². The van der Waals surface area contributed by atoms with E-state index in [0.29, 0.717) is 11.3 Å². The first-order chi connectivity index (χ1) is 8.13. The fourth-order valence-electron chi connectivity index (χ4n) is 1.57. The first kappa shape index (κ1) is 11.1. The maximum absolute atomic E-state index is 11.0. The van der Waals surface area contributed by atoms with E-state index in [1.165, 1.54) is 10.6 Å². The van der Waals surface area contributed by atoms with Crippen LogP contribution in [0.2, 0.25) is 0 Å². The highest BCUT2D eigenvalue weighted by Crippen LogP contribution is 2.12. The molecular formula is C10H8N2O5. The molecule has 0 aromatic carbocycles. The average molecular weight is 236 g/mol. The summed E-state index contributed by atoms with van der Waals surface area (Å²) >= 11 is 0. The summed E-state index contributed by atoms with van der Waals surface area (Å²) in [7, 11) is 0. The molecule has 2 rings (SSSR count). The number of carbonyl (C=O) groups excluding carboxylic acids is 1. The summed E-state index contributed by atoms with van der Waals surface area (Å²) in [5.74, 6) is -2.02. The number of carbonyl (C=O) groups is 2. The highest BCUT2D eigenvalue weighted by Gasteiger charge is 2.15. The Balaban J connectivity index is 2.58. The van der Waals surface area contributed by atoms with E-state index < -0.39 is 11.9 Å². The molecular weight excluding hydrogens is 228 g/mol. The van der Waals surface area contributed by atoms with Gasteiger partial charge >= 0.3 is 11.9 Å². The molecule has 7 heteroatoms. The highest BCUT2D eigenvalue weighted by molar-refractivity contribution is 5.87. The second-order valence-electron chi connectivity index (χ2n) is 3.30. The largest absolute Gasteiger partial charge is 0.477 e. The summed E-state index contributed by atoms with van der Waals surface area (Å²) in [6.45, 7) is 0. The van der Waals surface area contributed by atoms with Crippen molar-refractivity contribution in [1.82, 2.24) is 9.38 Å². The standard InChI is InChI=1S/C10H8N2O5/c13-9(17-16)4-6-2-1-3-8-11-5-7(10(14)15)12(6)8/h1-3,5,16H,4H2,(H,14,15). The van der Waals surface area contributed by atoms with E-state index in [1.807, 2.05) is 0 Å². The van der Waals surface area contributed by atoms with Crippen LogP contribution in [0, 0.1) is 0 Å². The summed E-state index contributed by atoms with van der Waals surface area (Å²) in [5.41, 5.74) is 0.725. The van der Waals surface area contributed by atoms with Gasteiger partial charge in [0, 0.05) is 5.69 Å². The van der Waals surface area contributed by atoms with E-state index in [0.717, 1.165) is 0 Å². The van der Waals surface area contributed by atoms with Crippen molar-refractivity contribution in [3.05, 3.63) is 35.8 Å². The third-order valence-corrected chi connectivity index (χ3v) is 2.26. The van der Waals surface area contributed by atoms with Gasteiger partial charge in [0.2, 0.25) is 0 Å². The zero-order valence-electron chi connectivity index (χ0n) is 8.53. The number of aromatic nitrogens is 2. The van der Waals surface area contributed by atoms with Gasteiger partial charge in [0.1, 0.15) is 5.65 Å². The van der Waals surface area contributed by atoms with Crippen molar-refractivity contribution in [3.63, 3.8) is 0 Å². The van der Waals surface area contributed by atoms with Gasteiger partial charge in [0.15, 0.2) is 5.69 Å². The maximum Gasteiger partial charge on any atom is 0.354 e. The van der Waals surface area contributed by atoms with Crippen LogP contribution < -0.4 is 0 Å². The van der Waals surface area contributed by atoms with Crippen LogP contribution in [0.1, 0.15) is 16.2 Å². The quantitative estimate of drug-likeness (QED) is 0.597.